The van der Waals surface area contributed by atoms with Crippen LogP contribution in [-0.4, -0.2) is 28.2 Å². The highest BCUT2D eigenvalue weighted by atomic mass is 79.9. The lowest BCUT2D eigenvalue weighted by Gasteiger charge is -2.00. The molecule has 68 valence electrons. The summed E-state index contributed by atoms with van der Waals surface area (Å²) in [4.78, 5) is 20.3. The SMILES string of the molecule is NC(C/C=C(\Br)C(=O)O)C(=O)O. The number of aliphatic carboxylic acids is 2. The number of nitrogens with two attached hydrogens (primary N) is 1. The van der Waals surface area contributed by atoms with Crippen molar-refractivity contribution in [2.24, 2.45) is 5.73 Å². The quantitative estimate of drug-likeness (QED) is 0.605. The molecular formula is C6H8BrNO4. The van der Waals surface area contributed by atoms with E-state index < -0.39 is 18.0 Å². The van der Waals surface area contributed by atoms with Gasteiger partial charge in [-0.25, -0.2) is 4.79 Å². The van der Waals surface area contributed by atoms with Gasteiger partial charge in [0.2, 0.25) is 0 Å². The van der Waals surface area contributed by atoms with Crippen molar-refractivity contribution in [3.05, 3.63) is 10.6 Å². The molecule has 0 heterocycles. The molecule has 0 fully saturated rings. The zero-order chi connectivity index (χ0) is 9.72. The number of carbonyl (C=O) groups is 2. The summed E-state index contributed by atoms with van der Waals surface area (Å²) in [6.07, 6.45) is 1.20. The van der Waals surface area contributed by atoms with E-state index in [9.17, 15) is 9.59 Å². The lowest BCUT2D eigenvalue weighted by molar-refractivity contribution is -0.138. The Bertz CT molecular complexity index is 226. The van der Waals surface area contributed by atoms with E-state index in [2.05, 4.69) is 15.9 Å². The predicted molar refractivity (Wildman–Crippen MR) is 44.9 cm³/mol. The first-order valence-electron chi connectivity index (χ1n) is 3.02. The molecule has 4 N–H and O–H groups in total. The fraction of sp³-hybridized carbons (Fsp3) is 0.333. The lowest BCUT2D eigenvalue weighted by atomic mass is 10.2. The average molecular weight is 238 g/mol. The van der Waals surface area contributed by atoms with Gasteiger partial charge in [-0.15, -0.1) is 0 Å². The Morgan fingerprint density at radius 2 is 2.00 bits per heavy atom. The van der Waals surface area contributed by atoms with Crippen LogP contribution in [0.25, 0.3) is 0 Å². The molecular weight excluding hydrogens is 230 g/mol. The molecule has 0 aliphatic rings. The van der Waals surface area contributed by atoms with Gasteiger partial charge in [-0.2, -0.15) is 0 Å². The molecule has 0 aliphatic carbocycles. The Kier molecular flexibility index (Phi) is 4.53. The molecule has 0 amide bonds. The van der Waals surface area contributed by atoms with Crippen molar-refractivity contribution < 1.29 is 19.8 Å². The van der Waals surface area contributed by atoms with Gasteiger partial charge in [0.1, 0.15) is 6.04 Å². The van der Waals surface area contributed by atoms with Gasteiger partial charge >= 0.3 is 11.9 Å². The smallest absolute Gasteiger partial charge is 0.342 e. The van der Waals surface area contributed by atoms with Crippen LogP contribution in [0.3, 0.4) is 0 Å². The van der Waals surface area contributed by atoms with Gasteiger partial charge in [0.05, 0.1) is 4.48 Å². The highest BCUT2D eigenvalue weighted by Gasteiger charge is 2.10. The Morgan fingerprint density at radius 1 is 1.50 bits per heavy atom. The van der Waals surface area contributed by atoms with Crippen LogP contribution >= 0.6 is 15.9 Å². The molecule has 1 unspecified atom stereocenters. The van der Waals surface area contributed by atoms with Gasteiger partial charge in [-0.05, 0) is 22.4 Å². The fourth-order valence-corrected chi connectivity index (χ4v) is 0.605. The minimum Gasteiger partial charge on any atom is -0.480 e. The van der Waals surface area contributed by atoms with E-state index >= 15 is 0 Å². The molecule has 0 aromatic rings. The normalized spacial score (nSPS) is 14.0. The summed E-state index contributed by atoms with van der Waals surface area (Å²) in [5.74, 6) is -2.30. The molecule has 0 bridgehead atoms. The Morgan fingerprint density at radius 3 is 2.33 bits per heavy atom. The number of hydrogen-bond acceptors (Lipinski definition) is 3. The zero-order valence-electron chi connectivity index (χ0n) is 6.03. The van der Waals surface area contributed by atoms with E-state index in [-0.39, 0.29) is 10.9 Å². The van der Waals surface area contributed by atoms with Crippen molar-refractivity contribution >= 4 is 27.9 Å². The molecule has 0 radical (unpaired) electrons. The number of hydrogen-bond donors (Lipinski definition) is 3. The van der Waals surface area contributed by atoms with Gasteiger partial charge in [0.25, 0.3) is 0 Å². The minimum atomic E-state index is -1.16. The van der Waals surface area contributed by atoms with Crippen molar-refractivity contribution in [2.45, 2.75) is 12.5 Å². The van der Waals surface area contributed by atoms with Gasteiger partial charge in [0.15, 0.2) is 0 Å². The number of halogens is 1. The minimum absolute atomic E-state index is 0.0117. The second-order valence-corrected chi connectivity index (χ2v) is 2.89. The van der Waals surface area contributed by atoms with Crippen molar-refractivity contribution in [1.29, 1.82) is 0 Å². The molecule has 0 aliphatic heterocycles. The maximum Gasteiger partial charge on any atom is 0.342 e. The van der Waals surface area contributed by atoms with Crippen LogP contribution in [0.1, 0.15) is 6.42 Å². The standard InChI is InChI=1S/C6H8BrNO4/c7-3(5(9)10)1-2-4(8)6(11)12/h1,4H,2,8H2,(H,9,10)(H,11,12)/b3-1-. The van der Waals surface area contributed by atoms with Crippen molar-refractivity contribution in [1.82, 2.24) is 0 Å². The number of carboxylic acid groups (broad SMARTS) is 2. The third-order valence-electron chi connectivity index (χ3n) is 1.07. The summed E-state index contributed by atoms with van der Waals surface area (Å²) >= 11 is 2.73. The summed E-state index contributed by atoms with van der Waals surface area (Å²) in [6.45, 7) is 0. The number of carboxylic acids is 2. The maximum atomic E-state index is 10.2. The van der Waals surface area contributed by atoms with E-state index in [1.54, 1.807) is 0 Å². The van der Waals surface area contributed by atoms with Gasteiger partial charge in [0, 0.05) is 0 Å². The second-order valence-electron chi connectivity index (χ2n) is 2.04. The van der Waals surface area contributed by atoms with Crippen molar-refractivity contribution in [2.75, 3.05) is 0 Å². The van der Waals surface area contributed by atoms with Gasteiger partial charge < -0.3 is 15.9 Å². The van der Waals surface area contributed by atoms with E-state index in [1.807, 2.05) is 0 Å². The van der Waals surface area contributed by atoms with Crippen LogP contribution in [0.4, 0.5) is 0 Å². The Balaban J connectivity index is 4.04. The largest absolute Gasteiger partial charge is 0.480 e. The molecule has 1 atom stereocenters. The summed E-state index contributed by atoms with van der Waals surface area (Å²) in [5, 5.41) is 16.6. The predicted octanol–water partition coefficient (Wildman–Crippen LogP) is 0.152. The molecule has 0 saturated heterocycles. The monoisotopic (exact) mass is 237 g/mol. The summed E-state index contributed by atoms with van der Waals surface area (Å²) in [7, 11) is 0. The van der Waals surface area contributed by atoms with Crippen LogP contribution in [0.15, 0.2) is 10.6 Å². The van der Waals surface area contributed by atoms with Crippen LogP contribution in [-0.2, 0) is 9.59 Å². The molecule has 12 heavy (non-hydrogen) atoms. The topological polar surface area (TPSA) is 101 Å². The first-order chi connectivity index (χ1) is 5.45. The van der Waals surface area contributed by atoms with Gasteiger partial charge in [-0.3, -0.25) is 4.79 Å². The number of rotatable bonds is 4. The molecule has 0 rings (SSSR count). The van der Waals surface area contributed by atoms with Crippen LogP contribution in [0, 0.1) is 0 Å². The molecule has 0 spiro atoms. The molecule has 0 aromatic carbocycles. The van der Waals surface area contributed by atoms with Gasteiger partial charge in [-0.1, -0.05) is 6.08 Å². The van der Waals surface area contributed by atoms with Crippen molar-refractivity contribution in [3.63, 3.8) is 0 Å². The molecule has 0 aromatic heterocycles. The highest BCUT2D eigenvalue weighted by Crippen LogP contribution is 2.06. The molecule has 5 nitrogen and oxygen atoms in total. The van der Waals surface area contributed by atoms with Crippen LogP contribution < -0.4 is 5.73 Å². The third-order valence-corrected chi connectivity index (χ3v) is 1.74. The van der Waals surface area contributed by atoms with Crippen LogP contribution in [0.5, 0.6) is 0 Å². The van der Waals surface area contributed by atoms with E-state index in [0.717, 1.165) is 0 Å². The fourth-order valence-electron chi connectivity index (χ4n) is 0.419. The first-order valence-corrected chi connectivity index (χ1v) is 3.81. The summed E-state index contributed by atoms with van der Waals surface area (Å²) < 4.78 is -0.0841. The molecule has 6 heteroatoms. The maximum absolute atomic E-state index is 10.2. The summed E-state index contributed by atoms with van der Waals surface area (Å²) in [5.41, 5.74) is 5.11. The Hall–Kier alpha value is -0.880. The third kappa shape index (κ3) is 4.09. The average Bonchev–Trinajstić information content (AvgIpc) is 1.98. The first kappa shape index (κ1) is 11.1. The molecule has 0 saturated carbocycles. The Labute approximate surface area is 77.0 Å². The zero-order valence-corrected chi connectivity index (χ0v) is 7.61. The van der Waals surface area contributed by atoms with Crippen LogP contribution in [0.2, 0.25) is 0 Å². The highest BCUT2D eigenvalue weighted by molar-refractivity contribution is 9.12. The van der Waals surface area contributed by atoms with E-state index in [0.29, 0.717) is 0 Å². The van der Waals surface area contributed by atoms with E-state index in [4.69, 9.17) is 15.9 Å². The van der Waals surface area contributed by atoms with E-state index in [1.165, 1.54) is 6.08 Å². The second kappa shape index (κ2) is 4.89. The lowest BCUT2D eigenvalue weighted by Crippen LogP contribution is -2.29. The summed E-state index contributed by atoms with van der Waals surface area (Å²) in [6, 6.07) is -1.06. The van der Waals surface area contributed by atoms with Crippen molar-refractivity contribution in [3.8, 4) is 0 Å².